The van der Waals surface area contributed by atoms with E-state index in [1.54, 1.807) is 44.2 Å². The van der Waals surface area contributed by atoms with Gasteiger partial charge in [-0.3, -0.25) is 4.79 Å². The molecule has 192 valence electrons. The standard InChI is InChI=1S/C28H24F4N2O3/c1-3-17(27(35)36)8-9-18-10-11-19(15-24(18)29)25-33-26(37-34-25)20-12-13-22(23(14-20)28(30,31)32)21-7-5-4-6-16(21)2/h4-7,10-15,17H,3,8-9H2,1-2H3,(H,35,36). The Morgan fingerprint density at radius 3 is 2.41 bits per heavy atom. The van der Waals surface area contributed by atoms with E-state index in [0.29, 0.717) is 29.5 Å². The first-order valence-electron chi connectivity index (χ1n) is 11.7. The van der Waals surface area contributed by atoms with E-state index in [1.165, 1.54) is 24.3 Å². The summed E-state index contributed by atoms with van der Waals surface area (Å²) in [4.78, 5) is 15.4. The van der Waals surface area contributed by atoms with Crippen LogP contribution >= 0.6 is 0 Å². The molecule has 9 heteroatoms. The predicted octanol–water partition coefficient (Wildman–Crippen LogP) is 7.58. The van der Waals surface area contributed by atoms with Crippen LogP contribution in [0, 0.1) is 18.7 Å². The molecule has 0 bridgehead atoms. The van der Waals surface area contributed by atoms with Crippen molar-refractivity contribution < 1.29 is 32.0 Å². The van der Waals surface area contributed by atoms with E-state index in [1.807, 2.05) is 0 Å². The zero-order valence-electron chi connectivity index (χ0n) is 20.1. The van der Waals surface area contributed by atoms with Crippen molar-refractivity contribution in [2.75, 3.05) is 0 Å². The molecule has 0 amide bonds. The van der Waals surface area contributed by atoms with Gasteiger partial charge in [-0.1, -0.05) is 54.5 Å². The van der Waals surface area contributed by atoms with Crippen LogP contribution < -0.4 is 0 Å². The number of aryl methyl sites for hydroxylation is 2. The monoisotopic (exact) mass is 512 g/mol. The van der Waals surface area contributed by atoms with Crippen molar-refractivity contribution in [1.29, 1.82) is 0 Å². The normalized spacial score (nSPS) is 12.5. The molecule has 1 heterocycles. The Hall–Kier alpha value is -4.01. The van der Waals surface area contributed by atoms with E-state index in [4.69, 9.17) is 4.52 Å². The number of alkyl halides is 3. The number of aliphatic carboxylic acids is 1. The van der Waals surface area contributed by atoms with Gasteiger partial charge in [-0.2, -0.15) is 18.2 Å². The zero-order chi connectivity index (χ0) is 26.7. The minimum Gasteiger partial charge on any atom is -0.481 e. The number of aromatic nitrogens is 2. The van der Waals surface area contributed by atoms with Crippen LogP contribution in [-0.2, 0) is 17.4 Å². The van der Waals surface area contributed by atoms with Gasteiger partial charge in [-0.25, -0.2) is 4.39 Å². The summed E-state index contributed by atoms with van der Waals surface area (Å²) in [5.74, 6) is -2.13. The zero-order valence-corrected chi connectivity index (χ0v) is 20.1. The number of nitrogens with zero attached hydrogens (tertiary/aromatic N) is 2. The van der Waals surface area contributed by atoms with E-state index in [0.717, 1.165) is 6.07 Å². The highest BCUT2D eigenvalue weighted by Gasteiger charge is 2.34. The van der Waals surface area contributed by atoms with E-state index in [2.05, 4.69) is 10.1 Å². The lowest BCUT2D eigenvalue weighted by molar-refractivity contribution is -0.142. The molecule has 0 spiro atoms. The number of rotatable bonds is 8. The molecule has 1 atom stereocenters. The Morgan fingerprint density at radius 1 is 1.03 bits per heavy atom. The summed E-state index contributed by atoms with van der Waals surface area (Å²) in [6, 6.07) is 14.9. The van der Waals surface area contributed by atoms with Crippen molar-refractivity contribution in [3.05, 3.63) is 83.2 Å². The SMILES string of the molecule is CCC(CCc1ccc(-c2noc(-c3ccc(-c4ccccc4C)c(C(F)(F)F)c3)n2)cc1F)C(=O)O. The van der Waals surface area contributed by atoms with Gasteiger partial charge in [0.05, 0.1) is 11.5 Å². The maximum absolute atomic E-state index is 14.7. The number of benzene rings is 3. The fourth-order valence-electron chi connectivity index (χ4n) is 4.20. The summed E-state index contributed by atoms with van der Waals surface area (Å²) in [7, 11) is 0. The molecule has 1 aromatic heterocycles. The molecular weight excluding hydrogens is 488 g/mol. The van der Waals surface area contributed by atoms with E-state index in [-0.39, 0.29) is 34.8 Å². The van der Waals surface area contributed by atoms with Gasteiger partial charge in [0.25, 0.3) is 5.89 Å². The van der Waals surface area contributed by atoms with Gasteiger partial charge < -0.3 is 9.63 Å². The minimum atomic E-state index is -4.62. The molecular formula is C28H24F4N2O3. The second-order valence-electron chi connectivity index (χ2n) is 8.78. The van der Waals surface area contributed by atoms with Crippen LogP contribution in [0.5, 0.6) is 0 Å². The second-order valence-corrected chi connectivity index (χ2v) is 8.78. The summed E-state index contributed by atoms with van der Waals surface area (Å²) in [6.45, 7) is 3.51. The largest absolute Gasteiger partial charge is 0.481 e. The first kappa shape index (κ1) is 26.1. The van der Waals surface area contributed by atoms with Gasteiger partial charge in [0.2, 0.25) is 5.82 Å². The number of carboxylic acid groups (broad SMARTS) is 1. The number of halogens is 4. The molecule has 4 rings (SSSR count). The first-order valence-corrected chi connectivity index (χ1v) is 11.7. The van der Waals surface area contributed by atoms with Gasteiger partial charge in [0, 0.05) is 11.1 Å². The Bertz CT molecular complexity index is 1430. The van der Waals surface area contributed by atoms with Gasteiger partial charge in [0.1, 0.15) is 5.82 Å². The van der Waals surface area contributed by atoms with E-state index in [9.17, 15) is 27.5 Å². The third kappa shape index (κ3) is 5.71. The van der Waals surface area contributed by atoms with Crippen LogP contribution in [0.25, 0.3) is 34.0 Å². The highest BCUT2D eigenvalue weighted by Crippen LogP contribution is 2.40. The highest BCUT2D eigenvalue weighted by molar-refractivity contribution is 5.74. The first-order chi connectivity index (χ1) is 17.6. The Kier molecular flexibility index (Phi) is 7.42. The summed E-state index contributed by atoms with van der Waals surface area (Å²) < 4.78 is 61.8. The third-order valence-electron chi connectivity index (χ3n) is 6.35. The van der Waals surface area contributed by atoms with Crippen LogP contribution in [0.15, 0.2) is 65.2 Å². The van der Waals surface area contributed by atoms with Crippen molar-refractivity contribution in [2.45, 2.75) is 39.3 Å². The quantitative estimate of drug-likeness (QED) is 0.246. The molecule has 3 aromatic carbocycles. The highest BCUT2D eigenvalue weighted by atomic mass is 19.4. The van der Waals surface area contributed by atoms with Crippen molar-refractivity contribution in [1.82, 2.24) is 10.1 Å². The molecule has 1 unspecified atom stereocenters. The fraction of sp³-hybridized carbons (Fsp3) is 0.250. The third-order valence-corrected chi connectivity index (χ3v) is 6.35. The summed E-state index contributed by atoms with van der Waals surface area (Å²) in [6.07, 6.45) is -3.62. The molecule has 0 aliphatic heterocycles. The van der Waals surface area contributed by atoms with Crippen molar-refractivity contribution in [2.24, 2.45) is 5.92 Å². The predicted molar refractivity (Wildman–Crippen MR) is 130 cm³/mol. The molecule has 4 aromatic rings. The van der Waals surface area contributed by atoms with E-state index < -0.39 is 29.4 Å². The summed E-state index contributed by atoms with van der Waals surface area (Å²) in [5.41, 5.74) is 1.11. The average Bonchev–Trinajstić information content (AvgIpc) is 3.35. The Morgan fingerprint density at radius 2 is 1.76 bits per heavy atom. The Labute approximate surface area is 210 Å². The minimum absolute atomic E-state index is 0.0222. The van der Waals surface area contributed by atoms with Gasteiger partial charge in [-0.05, 0) is 66.6 Å². The molecule has 0 saturated heterocycles. The van der Waals surface area contributed by atoms with Crippen molar-refractivity contribution >= 4 is 5.97 Å². The molecule has 0 aliphatic rings. The van der Waals surface area contributed by atoms with E-state index >= 15 is 0 Å². The maximum atomic E-state index is 14.7. The molecule has 0 saturated carbocycles. The number of carbonyl (C=O) groups is 1. The van der Waals surface area contributed by atoms with Crippen LogP contribution in [0.3, 0.4) is 0 Å². The van der Waals surface area contributed by atoms with Gasteiger partial charge >= 0.3 is 12.1 Å². The van der Waals surface area contributed by atoms with Gasteiger partial charge in [0.15, 0.2) is 0 Å². The fourth-order valence-corrected chi connectivity index (χ4v) is 4.20. The lowest BCUT2D eigenvalue weighted by atomic mass is 9.94. The van der Waals surface area contributed by atoms with Crippen molar-refractivity contribution in [3.63, 3.8) is 0 Å². The summed E-state index contributed by atoms with van der Waals surface area (Å²) in [5, 5.41) is 13.0. The molecule has 0 fully saturated rings. The molecule has 1 N–H and O–H groups in total. The summed E-state index contributed by atoms with van der Waals surface area (Å²) >= 11 is 0. The Balaban J connectivity index is 1.62. The average molecular weight is 513 g/mol. The molecule has 37 heavy (non-hydrogen) atoms. The molecule has 0 radical (unpaired) electrons. The van der Waals surface area contributed by atoms with Crippen LogP contribution in [0.1, 0.15) is 36.5 Å². The number of hydrogen-bond acceptors (Lipinski definition) is 4. The molecule has 0 aliphatic carbocycles. The number of carboxylic acids is 1. The second kappa shape index (κ2) is 10.5. The topological polar surface area (TPSA) is 76.2 Å². The van der Waals surface area contributed by atoms with Crippen LogP contribution in [0.2, 0.25) is 0 Å². The van der Waals surface area contributed by atoms with Crippen LogP contribution in [-0.4, -0.2) is 21.2 Å². The maximum Gasteiger partial charge on any atom is 0.417 e. The number of hydrogen-bond donors (Lipinski definition) is 1. The smallest absolute Gasteiger partial charge is 0.417 e. The lowest BCUT2D eigenvalue weighted by Crippen LogP contribution is -2.13. The molecule has 5 nitrogen and oxygen atoms in total. The van der Waals surface area contributed by atoms with Crippen LogP contribution in [0.4, 0.5) is 17.6 Å². The van der Waals surface area contributed by atoms with Crippen molar-refractivity contribution in [3.8, 4) is 34.0 Å². The van der Waals surface area contributed by atoms with Gasteiger partial charge in [-0.15, -0.1) is 0 Å². The lowest BCUT2D eigenvalue weighted by Gasteiger charge is -2.15.